The Hall–Kier alpha value is -2.37. The lowest BCUT2D eigenvalue weighted by molar-refractivity contribution is -0.119. The zero-order chi connectivity index (χ0) is 16.1. The van der Waals surface area contributed by atoms with E-state index in [0.29, 0.717) is 18.0 Å². The second-order valence-electron chi connectivity index (χ2n) is 6.08. The predicted octanol–water partition coefficient (Wildman–Crippen LogP) is 2.94. The van der Waals surface area contributed by atoms with Gasteiger partial charge in [0.15, 0.2) is 0 Å². The van der Waals surface area contributed by atoms with Crippen LogP contribution in [-0.2, 0) is 11.2 Å². The van der Waals surface area contributed by atoms with Crippen molar-refractivity contribution in [2.45, 2.75) is 45.1 Å². The highest BCUT2D eigenvalue weighted by Crippen LogP contribution is 2.23. The lowest BCUT2D eigenvalue weighted by Crippen LogP contribution is -2.22. The van der Waals surface area contributed by atoms with Crippen LogP contribution in [0, 0.1) is 5.92 Å². The van der Waals surface area contributed by atoms with Gasteiger partial charge in [0.25, 0.3) is 0 Å². The minimum absolute atomic E-state index is 0.0362. The summed E-state index contributed by atoms with van der Waals surface area (Å²) < 4.78 is 5.82. The molecule has 2 aromatic heterocycles. The fourth-order valence-corrected chi connectivity index (χ4v) is 2.79. The lowest BCUT2D eigenvalue weighted by atomic mass is 10.1. The van der Waals surface area contributed by atoms with Gasteiger partial charge in [0, 0.05) is 30.3 Å². The molecule has 0 aromatic carbocycles. The summed E-state index contributed by atoms with van der Waals surface area (Å²) >= 11 is 0. The number of hydrogen-bond donors (Lipinski definition) is 2. The minimum atomic E-state index is -0.148. The van der Waals surface area contributed by atoms with Gasteiger partial charge >= 0.3 is 0 Å². The van der Waals surface area contributed by atoms with Gasteiger partial charge in [-0.3, -0.25) is 4.79 Å². The van der Waals surface area contributed by atoms with Gasteiger partial charge in [0.2, 0.25) is 11.8 Å². The van der Waals surface area contributed by atoms with Crippen molar-refractivity contribution < 1.29 is 9.53 Å². The van der Waals surface area contributed by atoms with E-state index in [1.54, 1.807) is 18.7 Å². The molecule has 1 atom stereocenters. The molecule has 3 rings (SSSR count). The van der Waals surface area contributed by atoms with Crippen LogP contribution < -0.4 is 10.1 Å². The van der Waals surface area contributed by atoms with E-state index in [1.165, 1.54) is 12.8 Å². The topological polar surface area (TPSA) is 79.9 Å². The summed E-state index contributed by atoms with van der Waals surface area (Å²) in [5, 5.41) is 2.88. The molecule has 23 heavy (non-hydrogen) atoms. The molecule has 0 spiro atoms. The molecule has 2 aromatic rings. The maximum absolute atomic E-state index is 12.2. The van der Waals surface area contributed by atoms with Crippen LogP contribution in [0.3, 0.4) is 0 Å². The van der Waals surface area contributed by atoms with Crippen molar-refractivity contribution in [3.8, 4) is 5.88 Å². The van der Waals surface area contributed by atoms with E-state index in [-0.39, 0.29) is 17.9 Å². The van der Waals surface area contributed by atoms with Crippen LogP contribution in [0.15, 0.2) is 30.9 Å². The Morgan fingerprint density at radius 1 is 1.39 bits per heavy atom. The Labute approximate surface area is 135 Å². The smallest absolute Gasteiger partial charge is 0.227 e. The predicted molar refractivity (Wildman–Crippen MR) is 87.2 cm³/mol. The number of pyridine rings is 1. The van der Waals surface area contributed by atoms with Crippen molar-refractivity contribution in [3.63, 3.8) is 0 Å². The first kappa shape index (κ1) is 15.5. The van der Waals surface area contributed by atoms with Crippen molar-refractivity contribution in [2.75, 3.05) is 5.32 Å². The molecule has 1 fully saturated rings. The number of carbonyl (C=O) groups is 1. The van der Waals surface area contributed by atoms with Crippen LogP contribution >= 0.6 is 0 Å². The number of carbonyl (C=O) groups excluding carboxylic acids is 1. The molecule has 0 bridgehead atoms. The summed E-state index contributed by atoms with van der Waals surface area (Å²) in [6, 6.07) is 3.64. The Balaban J connectivity index is 1.51. The number of aromatic nitrogens is 3. The maximum atomic E-state index is 12.2. The average molecular weight is 314 g/mol. The van der Waals surface area contributed by atoms with Crippen LogP contribution in [0.2, 0.25) is 0 Å². The molecular weight excluding hydrogens is 292 g/mol. The molecule has 2 N–H and O–H groups in total. The SMILES string of the molecule is CC(Cc1cnc[nH]1)C(=O)Nc1ccc(OC2CCCC2)nc1. The first-order valence-electron chi connectivity index (χ1n) is 8.11. The minimum Gasteiger partial charge on any atom is -0.474 e. The summed E-state index contributed by atoms with van der Waals surface area (Å²) in [6.45, 7) is 1.89. The molecule has 1 saturated carbocycles. The van der Waals surface area contributed by atoms with Crippen LogP contribution in [0.5, 0.6) is 5.88 Å². The van der Waals surface area contributed by atoms with Gasteiger partial charge in [0.05, 0.1) is 18.2 Å². The zero-order valence-corrected chi connectivity index (χ0v) is 13.3. The number of amides is 1. The first-order chi connectivity index (χ1) is 11.2. The van der Waals surface area contributed by atoms with E-state index >= 15 is 0 Å². The highest BCUT2D eigenvalue weighted by atomic mass is 16.5. The standard InChI is InChI=1S/C17H22N4O2/c1-12(8-14-9-18-11-20-14)17(22)21-13-6-7-16(19-10-13)23-15-4-2-3-5-15/h6-7,9-12,15H,2-5,8H2,1H3,(H,18,20)(H,21,22). The van der Waals surface area contributed by atoms with Crippen molar-refractivity contribution in [3.05, 3.63) is 36.5 Å². The van der Waals surface area contributed by atoms with Gasteiger partial charge in [-0.1, -0.05) is 6.92 Å². The van der Waals surface area contributed by atoms with E-state index in [4.69, 9.17) is 4.74 Å². The van der Waals surface area contributed by atoms with E-state index in [9.17, 15) is 4.79 Å². The monoisotopic (exact) mass is 314 g/mol. The fraction of sp³-hybridized carbons (Fsp3) is 0.471. The highest BCUT2D eigenvalue weighted by Gasteiger charge is 2.17. The molecule has 0 aliphatic heterocycles. The van der Waals surface area contributed by atoms with E-state index < -0.39 is 0 Å². The molecule has 1 unspecified atom stereocenters. The second-order valence-corrected chi connectivity index (χ2v) is 6.08. The third-order valence-corrected chi connectivity index (χ3v) is 4.12. The fourth-order valence-electron chi connectivity index (χ4n) is 2.79. The first-order valence-corrected chi connectivity index (χ1v) is 8.11. The molecule has 1 amide bonds. The second kappa shape index (κ2) is 7.26. The number of nitrogens with zero attached hydrogens (tertiary/aromatic N) is 2. The lowest BCUT2D eigenvalue weighted by Gasteiger charge is -2.13. The van der Waals surface area contributed by atoms with Crippen LogP contribution in [0.25, 0.3) is 0 Å². The molecule has 1 aliphatic carbocycles. The van der Waals surface area contributed by atoms with Crippen molar-refractivity contribution in [1.82, 2.24) is 15.0 Å². The average Bonchev–Trinajstić information content (AvgIpc) is 3.23. The molecule has 6 heteroatoms. The molecule has 2 heterocycles. The number of aromatic amines is 1. The van der Waals surface area contributed by atoms with Crippen molar-refractivity contribution >= 4 is 11.6 Å². The van der Waals surface area contributed by atoms with Gasteiger partial charge < -0.3 is 15.0 Å². The van der Waals surface area contributed by atoms with Gasteiger partial charge in [0.1, 0.15) is 6.10 Å². The summed E-state index contributed by atoms with van der Waals surface area (Å²) in [4.78, 5) is 23.4. The summed E-state index contributed by atoms with van der Waals surface area (Å²) in [7, 11) is 0. The summed E-state index contributed by atoms with van der Waals surface area (Å²) in [6.07, 6.45) is 10.6. The molecule has 1 aliphatic rings. The highest BCUT2D eigenvalue weighted by molar-refractivity contribution is 5.92. The Morgan fingerprint density at radius 3 is 2.87 bits per heavy atom. The summed E-state index contributed by atoms with van der Waals surface area (Å²) in [5.74, 6) is 0.441. The van der Waals surface area contributed by atoms with Gasteiger partial charge in [-0.05, 0) is 31.7 Å². The number of hydrogen-bond acceptors (Lipinski definition) is 4. The van der Waals surface area contributed by atoms with Gasteiger partial charge in [-0.25, -0.2) is 9.97 Å². The number of imidazole rings is 1. The molecule has 122 valence electrons. The van der Waals surface area contributed by atoms with Crippen LogP contribution in [0.1, 0.15) is 38.3 Å². The van der Waals surface area contributed by atoms with Crippen LogP contribution in [-0.4, -0.2) is 27.0 Å². The molecular formula is C17H22N4O2. The summed E-state index contributed by atoms with van der Waals surface area (Å²) in [5.41, 5.74) is 1.64. The Kier molecular flexibility index (Phi) is 4.90. The number of rotatable bonds is 6. The van der Waals surface area contributed by atoms with E-state index in [2.05, 4.69) is 20.3 Å². The maximum Gasteiger partial charge on any atom is 0.227 e. The number of ether oxygens (including phenoxy) is 1. The number of anilines is 1. The Bertz CT molecular complexity index is 619. The molecule has 6 nitrogen and oxygen atoms in total. The largest absolute Gasteiger partial charge is 0.474 e. The quantitative estimate of drug-likeness (QED) is 0.859. The van der Waals surface area contributed by atoms with Gasteiger partial charge in [-0.2, -0.15) is 0 Å². The molecule has 0 radical (unpaired) electrons. The third kappa shape index (κ3) is 4.31. The molecule has 0 saturated heterocycles. The number of nitrogens with one attached hydrogen (secondary N) is 2. The van der Waals surface area contributed by atoms with Crippen molar-refractivity contribution in [1.29, 1.82) is 0 Å². The van der Waals surface area contributed by atoms with Gasteiger partial charge in [-0.15, -0.1) is 0 Å². The number of H-pyrrole nitrogens is 1. The van der Waals surface area contributed by atoms with Crippen LogP contribution in [0.4, 0.5) is 5.69 Å². The zero-order valence-electron chi connectivity index (χ0n) is 13.3. The van der Waals surface area contributed by atoms with Crippen molar-refractivity contribution in [2.24, 2.45) is 5.92 Å². The van der Waals surface area contributed by atoms with E-state index in [0.717, 1.165) is 18.5 Å². The third-order valence-electron chi connectivity index (χ3n) is 4.12. The normalized spacial score (nSPS) is 16.2. The Morgan fingerprint density at radius 2 is 2.22 bits per heavy atom. The van der Waals surface area contributed by atoms with E-state index in [1.807, 2.05) is 19.1 Å².